The molecule has 0 aliphatic carbocycles. The Bertz CT molecular complexity index is 544. The molecule has 0 aliphatic heterocycles. The van der Waals surface area contributed by atoms with E-state index in [0.29, 0.717) is 25.9 Å². The Balaban J connectivity index is 3.25. The number of rotatable bonds is 38. The van der Waals surface area contributed by atoms with E-state index < -0.39 is 0 Å². The smallest absolute Gasteiger partial charge is 0.219 e. The quantitative estimate of drug-likeness (QED) is 0.0664. The lowest BCUT2D eigenvalue weighted by Gasteiger charge is -2.07. The van der Waals surface area contributed by atoms with Gasteiger partial charge in [-0.1, -0.05) is 206 Å². The van der Waals surface area contributed by atoms with Crippen LogP contribution in [-0.2, 0) is 9.59 Å². The first-order valence-corrected chi connectivity index (χ1v) is 20.7. The third-order valence-electron chi connectivity index (χ3n) is 9.51. The summed E-state index contributed by atoms with van der Waals surface area (Å²) in [4.78, 5) is 24.1. The van der Waals surface area contributed by atoms with Crippen molar-refractivity contribution in [3.63, 3.8) is 0 Å². The number of carbonyl (C=O) groups is 2. The van der Waals surface area contributed by atoms with Gasteiger partial charge in [0.15, 0.2) is 0 Å². The summed E-state index contributed by atoms with van der Waals surface area (Å²) in [6.45, 7) is 5.90. The Morgan fingerprint density at radius 1 is 0.289 bits per heavy atom. The van der Waals surface area contributed by atoms with Crippen molar-refractivity contribution < 1.29 is 9.59 Å². The summed E-state index contributed by atoms with van der Waals surface area (Å²) in [7, 11) is 0. The van der Waals surface area contributed by atoms with Gasteiger partial charge in [0.25, 0.3) is 0 Å². The molecule has 4 heteroatoms. The lowest BCUT2D eigenvalue weighted by atomic mass is 10.0. The number of amides is 2. The molecule has 2 amide bonds. The largest absolute Gasteiger partial charge is 0.356 e. The second-order valence-electron chi connectivity index (χ2n) is 14.2. The molecule has 0 aromatic heterocycles. The summed E-state index contributed by atoms with van der Waals surface area (Å²) < 4.78 is 0. The molecule has 0 fully saturated rings. The summed E-state index contributed by atoms with van der Waals surface area (Å²) in [6.07, 6.45) is 45.4. The third-order valence-corrected chi connectivity index (χ3v) is 9.51. The van der Waals surface area contributed by atoms with Gasteiger partial charge in [-0.25, -0.2) is 0 Å². The maximum Gasteiger partial charge on any atom is 0.219 e. The summed E-state index contributed by atoms with van der Waals surface area (Å²) in [5.41, 5.74) is 0. The minimum absolute atomic E-state index is 0.167. The van der Waals surface area contributed by atoms with Gasteiger partial charge in [-0.3, -0.25) is 9.59 Å². The maximum absolute atomic E-state index is 12.1. The first-order valence-electron chi connectivity index (χ1n) is 20.7. The van der Waals surface area contributed by atoms with E-state index in [2.05, 4.69) is 24.5 Å². The highest BCUT2D eigenvalue weighted by atomic mass is 16.2. The fraction of sp³-hybridized carbons (Fsp3) is 0.951. The predicted molar refractivity (Wildman–Crippen MR) is 199 cm³/mol. The molecule has 4 nitrogen and oxygen atoms in total. The molecule has 0 aromatic carbocycles. The van der Waals surface area contributed by atoms with Crippen molar-refractivity contribution in [2.75, 3.05) is 13.1 Å². The summed E-state index contributed by atoms with van der Waals surface area (Å²) in [5, 5.41) is 6.04. The van der Waals surface area contributed by atoms with Crippen molar-refractivity contribution in [2.24, 2.45) is 0 Å². The third kappa shape index (κ3) is 39.0. The van der Waals surface area contributed by atoms with Crippen molar-refractivity contribution >= 4 is 11.8 Å². The van der Waals surface area contributed by atoms with E-state index >= 15 is 0 Å². The van der Waals surface area contributed by atoms with E-state index in [1.807, 2.05) is 0 Å². The van der Waals surface area contributed by atoms with Crippen LogP contribution in [-0.4, -0.2) is 24.9 Å². The van der Waals surface area contributed by atoms with Gasteiger partial charge in [-0.15, -0.1) is 0 Å². The highest BCUT2D eigenvalue weighted by Gasteiger charge is 2.03. The van der Waals surface area contributed by atoms with Crippen LogP contribution in [0.15, 0.2) is 0 Å². The molecule has 0 saturated carbocycles. The van der Waals surface area contributed by atoms with Crippen molar-refractivity contribution in [3.8, 4) is 0 Å². The van der Waals surface area contributed by atoms with Crippen molar-refractivity contribution in [3.05, 3.63) is 0 Å². The molecule has 0 spiro atoms. The van der Waals surface area contributed by atoms with Gasteiger partial charge in [0.1, 0.15) is 0 Å². The second-order valence-corrected chi connectivity index (χ2v) is 14.2. The second kappa shape index (κ2) is 39.1. The zero-order valence-corrected chi connectivity index (χ0v) is 31.0. The zero-order chi connectivity index (χ0) is 32.7. The van der Waals surface area contributed by atoms with Gasteiger partial charge < -0.3 is 10.6 Å². The number of carbonyl (C=O) groups excluding carboxylic acids is 2. The maximum atomic E-state index is 12.1. The average molecular weight is 635 g/mol. The molecule has 268 valence electrons. The van der Waals surface area contributed by atoms with Crippen LogP contribution in [0.2, 0.25) is 0 Å². The van der Waals surface area contributed by atoms with E-state index in [4.69, 9.17) is 0 Å². The molecule has 0 atom stereocenters. The van der Waals surface area contributed by atoms with Crippen molar-refractivity contribution in [1.29, 1.82) is 0 Å². The monoisotopic (exact) mass is 635 g/mol. The molecule has 45 heavy (non-hydrogen) atoms. The minimum Gasteiger partial charge on any atom is -0.356 e. The first kappa shape index (κ1) is 43.9. The molecule has 0 rings (SSSR count). The van der Waals surface area contributed by atoms with Crippen LogP contribution in [0.4, 0.5) is 0 Å². The average Bonchev–Trinajstić information content (AvgIpc) is 3.04. The first-order chi connectivity index (χ1) is 22.2. The van der Waals surface area contributed by atoms with Crippen LogP contribution in [0.1, 0.15) is 239 Å². The van der Waals surface area contributed by atoms with E-state index in [-0.39, 0.29) is 11.8 Å². The van der Waals surface area contributed by atoms with Gasteiger partial charge in [-0.05, 0) is 19.3 Å². The molecule has 0 radical (unpaired) electrons. The Kier molecular flexibility index (Phi) is 38.2. The Morgan fingerprint density at radius 2 is 0.489 bits per heavy atom. The van der Waals surface area contributed by atoms with Gasteiger partial charge in [-0.2, -0.15) is 0 Å². The van der Waals surface area contributed by atoms with Crippen LogP contribution in [0.25, 0.3) is 0 Å². The Labute approximate surface area is 283 Å². The highest BCUT2D eigenvalue weighted by molar-refractivity contribution is 5.76. The lowest BCUT2D eigenvalue weighted by molar-refractivity contribution is -0.121. The minimum atomic E-state index is 0.167. The van der Waals surface area contributed by atoms with Crippen LogP contribution in [0.3, 0.4) is 0 Å². The fourth-order valence-electron chi connectivity index (χ4n) is 6.39. The van der Waals surface area contributed by atoms with Gasteiger partial charge >= 0.3 is 0 Å². The Hall–Kier alpha value is -1.06. The summed E-state index contributed by atoms with van der Waals surface area (Å²) >= 11 is 0. The van der Waals surface area contributed by atoms with Crippen LogP contribution >= 0.6 is 0 Å². The van der Waals surface area contributed by atoms with E-state index in [1.165, 1.54) is 193 Å². The fourth-order valence-corrected chi connectivity index (χ4v) is 6.39. The van der Waals surface area contributed by atoms with E-state index in [9.17, 15) is 9.59 Å². The van der Waals surface area contributed by atoms with Crippen molar-refractivity contribution in [2.45, 2.75) is 239 Å². The molecule has 0 bridgehead atoms. The van der Waals surface area contributed by atoms with Gasteiger partial charge in [0.05, 0.1) is 0 Å². The Morgan fingerprint density at radius 3 is 0.711 bits per heavy atom. The molecule has 0 aliphatic rings. The number of unbranched alkanes of at least 4 members (excludes halogenated alkanes) is 30. The van der Waals surface area contributed by atoms with Crippen molar-refractivity contribution in [1.82, 2.24) is 10.6 Å². The molecular formula is C41H82N2O2. The predicted octanol–water partition coefficient (Wildman–Crippen LogP) is 12.9. The molecule has 0 saturated heterocycles. The van der Waals surface area contributed by atoms with E-state index in [1.54, 1.807) is 0 Å². The van der Waals surface area contributed by atoms with Crippen LogP contribution in [0, 0.1) is 0 Å². The lowest BCUT2D eigenvalue weighted by Crippen LogP contribution is -2.29. The molecule has 0 aromatic rings. The topological polar surface area (TPSA) is 58.2 Å². The highest BCUT2D eigenvalue weighted by Crippen LogP contribution is 2.15. The van der Waals surface area contributed by atoms with Crippen LogP contribution < -0.4 is 10.6 Å². The normalized spacial score (nSPS) is 11.2. The van der Waals surface area contributed by atoms with E-state index in [0.717, 1.165) is 19.3 Å². The summed E-state index contributed by atoms with van der Waals surface area (Å²) in [5.74, 6) is 0.333. The zero-order valence-electron chi connectivity index (χ0n) is 31.0. The molecule has 0 heterocycles. The summed E-state index contributed by atoms with van der Waals surface area (Å²) in [6, 6.07) is 0. The number of hydrogen-bond donors (Lipinski definition) is 2. The van der Waals surface area contributed by atoms with Crippen LogP contribution in [0.5, 0.6) is 0 Å². The van der Waals surface area contributed by atoms with Gasteiger partial charge in [0.2, 0.25) is 11.8 Å². The standard InChI is InChI=1S/C41H82N2O2/c1-3-5-7-9-11-13-15-17-19-21-23-25-27-29-31-33-36-40(44)42-38-35-39-43-41(45)37-34-32-30-28-26-24-22-20-18-16-14-12-10-8-6-4-2/h3-39H2,1-2H3,(H,42,44)(H,43,45). The molecular weight excluding hydrogens is 552 g/mol. The number of hydrogen-bond acceptors (Lipinski definition) is 2. The molecule has 2 N–H and O–H groups in total. The SMILES string of the molecule is CCCCCCCCCCCCCCCCCCC(=O)NCCCNC(=O)CCCCCCCCCCCCCCCCCC. The number of nitrogens with one attached hydrogen (secondary N) is 2. The molecule has 0 unspecified atom stereocenters. The van der Waals surface area contributed by atoms with Gasteiger partial charge in [0, 0.05) is 25.9 Å².